The molecule has 51 heavy (non-hydrogen) atoms. The predicted octanol–water partition coefficient (Wildman–Crippen LogP) is 10.4. The van der Waals surface area contributed by atoms with Gasteiger partial charge in [-0.1, -0.05) is 105 Å². The quantitative estimate of drug-likeness (QED) is 0.198. The first-order valence-corrected chi connectivity index (χ1v) is 17.7. The first-order chi connectivity index (χ1) is 24.4. The standard InChI is InChI=1S/C47H45NO3/c1-29-25-39-40(27-30(29)2)45(4,5)47(49,34-17-13-10-14-18-34)43-36-23-24-46(32-15-11-9-12-16-32,33-19-21-35(22-20-33)48(6)7)51-44(36)38-28-41(50-8)31(3)26-37(38)42(39)43/h9-28,49H,1-8H3. The molecule has 0 spiro atoms. The molecule has 6 aromatic carbocycles. The summed E-state index contributed by atoms with van der Waals surface area (Å²) in [6, 6.07) is 38.1. The van der Waals surface area contributed by atoms with Crippen molar-refractivity contribution in [3.63, 3.8) is 0 Å². The lowest BCUT2D eigenvalue weighted by Gasteiger charge is -2.51. The van der Waals surface area contributed by atoms with E-state index in [2.05, 4.69) is 151 Å². The fourth-order valence-electron chi connectivity index (χ4n) is 8.55. The minimum absolute atomic E-state index is 0.706. The van der Waals surface area contributed by atoms with Crippen LogP contribution in [0.3, 0.4) is 0 Å². The molecule has 0 radical (unpaired) electrons. The van der Waals surface area contributed by atoms with Crippen LogP contribution in [-0.4, -0.2) is 26.3 Å². The number of ether oxygens (including phenoxy) is 2. The Morgan fingerprint density at radius 3 is 1.92 bits per heavy atom. The molecule has 4 heteroatoms. The van der Waals surface area contributed by atoms with Crippen LogP contribution in [-0.2, 0) is 16.6 Å². The summed E-state index contributed by atoms with van der Waals surface area (Å²) in [5.41, 5.74) is 9.43. The van der Waals surface area contributed by atoms with Crippen LogP contribution in [0.4, 0.5) is 5.69 Å². The molecule has 1 aliphatic carbocycles. The fourth-order valence-corrected chi connectivity index (χ4v) is 8.55. The molecule has 256 valence electrons. The average molecular weight is 672 g/mol. The van der Waals surface area contributed by atoms with Gasteiger partial charge in [-0.3, -0.25) is 0 Å². The number of aliphatic hydroxyl groups is 1. The highest BCUT2D eigenvalue weighted by atomic mass is 16.5. The molecule has 0 bridgehead atoms. The first-order valence-electron chi connectivity index (χ1n) is 17.7. The summed E-state index contributed by atoms with van der Waals surface area (Å²) < 4.78 is 13.5. The maximum atomic E-state index is 13.7. The van der Waals surface area contributed by atoms with Gasteiger partial charge in [-0.25, -0.2) is 0 Å². The molecule has 0 fully saturated rings. The van der Waals surface area contributed by atoms with Gasteiger partial charge >= 0.3 is 0 Å². The maximum absolute atomic E-state index is 13.7. The van der Waals surface area contributed by atoms with Gasteiger partial charge in [-0.05, 0) is 95.4 Å². The van der Waals surface area contributed by atoms with Gasteiger partial charge in [0.15, 0.2) is 5.60 Å². The number of anilines is 1. The number of nitrogens with zero attached hydrogens (tertiary/aromatic N) is 1. The van der Waals surface area contributed by atoms with Gasteiger partial charge in [0, 0.05) is 52.8 Å². The van der Waals surface area contributed by atoms with Crippen molar-refractivity contribution in [2.75, 3.05) is 26.1 Å². The molecule has 2 aliphatic rings. The predicted molar refractivity (Wildman–Crippen MR) is 210 cm³/mol. The topological polar surface area (TPSA) is 41.9 Å². The summed E-state index contributed by atoms with van der Waals surface area (Å²) in [5.74, 6) is 1.51. The van der Waals surface area contributed by atoms with E-state index < -0.39 is 16.6 Å². The first kappa shape index (κ1) is 32.9. The van der Waals surface area contributed by atoms with Crippen LogP contribution >= 0.6 is 0 Å². The van der Waals surface area contributed by atoms with E-state index in [-0.39, 0.29) is 0 Å². The largest absolute Gasteiger partial charge is 0.496 e. The smallest absolute Gasteiger partial charge is 0.178 e. The highest BCUT2D eigenvalue weighted by Crippen LogP contribution is 2.62. The zero-order valence-electron chi connectivity index (χ0n) is 30.8. The van der Waals surface area contributed by atoms with Gasteiger partial charge in [0.25, 0.3) is 0 Å². The van der Waals surface area contributed by atoms with Crippen molar-refractivity contribution in [3.05, 3.63) is 165 Å². The van der Waals surface area contributed by atoms with E-state index in [1.807, 2.05) is 24.3 Å². The molecular weight excluding hydrogens is 627 g/mol. The van der Waals surface area contributed by atoms with Gasteiger partial charge in [0.2, 0.25) is 0 Å². The van der Waals surface area contributed by atoms with Crippen molar-refractivity contribution >= 4 is 22.5 Å². The second-order valence-corrected chi connectivity index (χ2v) is 15.0. The van der Waals surface area contributed by atoms with Gasteiger partial charge in [-0.2, -0.15) is 0 Å². The number of benzene rings is 6. The van der Waals surface area contributed by atoms with Crippen LogP contribution in [0.5, 0.6) is 11.5 Å². The molecular formula is C47H45NO3. The van der Waals surface area contributed by atoms with E-state index in [0.29, 0.717) is 0 Å². The number of hydrogen-bond donors (Lipinski definition) is 1. The van der Waals surface area contributed by atoms with Crippen molar-refractivity contribution in [3.8, 4) is 22.6 Å². The van der Waals surface area contributed by atoms with Crippen molar-refractivity contribution in [1.82, 2.24) is 0 Å². The number of methoxy groups -OCH3 is 1. The third-order valence-corrected chi connectivity index (χ3v) is 11.6. The van der Waals surface area contributed by atoms with E-state index in [4.69, 9.17) is 9.47 Å². The Labute approximate surface area is 301 Å². The summed E-state index contributed by atoms with van der Waals surface area (Å²) in [4.78, 5) is 2.10. The van der Waals surface area contributed by atoms with E-state index in [9.17, 15) is 5.11 Å². The molecule has 8 rings (SSSR count). The summed E-state index contributed by atoms with van der Waals surface area (Å²) in [6.07, 6.45) is 4.38. The SMILES string of the molecule is COc1cc2c3c(c4c(c2cc1C)-c1cc(C)c(C)cc1C(C)(C)C4(O)c1ccccc1)C=CC(c1ccccc1)(c1ccc(N(C)C)cc1)O3. The monoisotopic (exact) mass is 671 g/mol. The number of aryl methyl sites for hydroxylation is 3. The highest BCUT2D eigenvalue weighted by molar-refractivity contribution is 6.08. The lowest BCUT2D eigenvalue weighted by Crippen LogP contribution is -2.50. The average Bonchev–Trinajstić information content (AvgIpc) is 3.14. The Morgan fingerprint density at radius 2 is 1.29 bits per heavy atom. The molecule has 2 unspecified atom stereocenters. The number of hydrogen-bond acceptors (Lipinski definition) is 4. The van der Waals surface area contributed by atoms with E-state index in [1.54, 1.807) is 7.11 Å². The van der Waals surface area contributed by atoms with Crippen LogP contribution < -0.4 is 14.4 Å². The van der Waals surface area contributed by atoms with Crippen LogP contribution in [0.15, 0.2) is 115 Å². The second-order valence-electron chi connectivity index (χ2n) is 15.0. The fraction of sp³-hybridized carbons (Fsp3) is 0.234. The second kappa shape index (κ2) is 11.6. The van der Waals surface area contributed by atoms with Crippen molar-refractivity contribution in [1.29, 1.82) is 0 Å². The van der Waals surface area contributed by atoms with Gasteiger partial charge in [0.1, 0.15) is 17.1 Å². The summed E-state index contributed by atoms with van der Waals surface area (Å²) in [6.45, 7) is 10.8. The third-order valence-electron chi connectivity index (χ3n) is 11.6. The Morgan fingerprint density at radius 1 is 0.686 bits per heavy atom. The van der Waals surface area contributed by atoms with E-state index >= 15 is 0 Å². The minimum Gasteiger partial charge on any atom is -0.496 e. The summed E-state index contributed by atoms with van der Waals surface area (Å²) in [5, 5.41) is 15.7. The van der Waals surface area contributed by atoms with Crippen molar-refractivity contribution < 1.29 is 14.6 Å². The maximum Gasteiger partial charge on any atom is 0.178 e. The number of rotatable bonds is 5. The molecule has 1 aliphatic heterocycles. The molecule has 0 saturated carbocycles. The molecule has 4 nitrogen and oxygen atoms in total. The Balaban J connectivity index is 1.55. The zero-order valence-corrected chi connectivity index (χ0v) is 30.8. The van der Waals surface area contributed by atoms with E-state index in [0.717, 1.165) is 78.0 Å². The molecule has 1 N–H and O–H groups in total. The van der Waals surface area contributed by atoms with E-state index in [1.165, 1.54) is 11.1 Å². The third kappa shape index (κ3) is 4.62. The lowest BCUT2D eigenvalue weighted by atomic mass is 9.56. The van der Waals surface area contributed by atoms with Gasteiger partial charge < -0.3 is 19.5 Å². The Bertz CT molecular complexity index is 2360. The Kier molecular flexibility index (Phi) is 7.48. The van der Waals surface area contributed by atoms with Crippen molar-refractivity contribution in [2.24, 2.45) is 0 Å². The Hall–Kier alpha value is -5.32. The summed E-state index contributed by atoms with van der Waals surface area (Å²) in [7, 11) is 5.82. The van der Waals surface area contributed by atoms with Crippen LogP contribution in [0.2, 0.25) is 0 Å². The minimum atomic E-state index is -1.40. The van der Waals surface area contributed by atoms with Crippen LogP contribution in [0.1, 0.15) is 63.9 Å². The van der Waals surface area contributed by atoms with Gasteiger partial charge in [-0.15, -0.1) is 0 Å². The highest BCUT2D eigenvalue weighted by Gasteiger charge is 2.55. The zero-order chi connectivity index (χ0) is 35.9. The number of fused-ring (bicyclic) bond motifs is 8. The molecule has 6 aromatic rings. The molecule has 0 amide bonds. The molecule has 0 saturated heterocycles. The summed E-state index contributed by atoms with van der Waals surface area (Å²) >= 11 is 0. The molecule has 1 heterocycles. The molecule has 0 aromatic heterocycles. The van der Waals surface area contributed by atoms with Gasteiger partial charge in [0.05, 0.1) is 7.11 Å². The molecule has 2 atom stereocenters. The van der Waals surface area contributed by atoms with Crippen LogP contribution in [0, 0.1) is 20.8 Å². The van der Waals surface area contributed by atoms with Crippen LogP contribution in [0.25, 0.3) is 28.0 Å². The lowest BCUT2D eigenvalue weighted by molar-refractivity contribution is 0.00620. The van der Waals surface area contributed by atoms with Crippen molar-refractivity contribution in [2.45, 2.75) is 51.2 Å². The normalized spacial score (nSPS) is 19.9.